The first kappa shape index (κ1) is 16.2. The van der Waals surface area contributed by atoms with Crippen LogP contribution < -0.4 is 5.32 Å². The van der Waals surface area contributed by atoms with Gasteiger partial charge in [0.1, 0.15) is 5.82 Å². The van der Waals surface area contributed by atoms with Gasteiger partial charge in [0.25, 0.3) is 0 Å². The highest BCUT2D eigenvalue weighted by molar-refractivity contribution is 6.33. The van der Waals surface area contributed by atoms with Crippen molar-refractivity contribution in [1.29, 1.82) is 0 Å². The molecule has 0 saturated carbocycles. The zero-order valence-corrected chi connectivity index (χ0v) is 12.6. The summed E-state index contributed by atoms with van der Waals surface area (Å²) in [5.41, 5.74) is 0.416. The molecule has 1 aliphatic heterocycles. The number of aliphatic hydroxyl groups excluding tert-OH is 1. The van der Waals surface area contributed by atoms with Gasteiger partial charge in [-0.15, -0.1) is 0 Å². The third kappa shape index (κ3) is 4.66. The fourth-order valence-corrected chi connectivity index (χ4v) is 2.92. The van der Waals surface area contributed by atoms with E-state index < -0.39 is 5.82 Å². The molecule has 2 N–H and O–H groups in total. The van der Waals surface area contributed by atoms with Crippen molar-refractivity contribution in [3.05, 3.63) is 29.0 Å². The maximum atomic E-state index is 13.0. The zero-order valence-electron chi connectivity index (χ0n) is 11.8. The van der Waals surface area contributed by atoms with Crippen LogP contribution in [0.5, 0.6) is 0 Å². The minimum Gasteiger partial charge on any atom is -0.396 e. The Hall–Kier alpha value is -1.17. The number of hydrogen-bond acceptors (Lipinski definition) is 3. The van der Waals surface area contributed by atoms with Crippen LogP contribution in [0.1, 0.15) is 25.7 Å². The van der Waals surface area contributed by atoms with Crippen molar-refractivity contribution in [2.24, 2.45) is 0 Å². The second-order valence-electron chi connectivity index (χ2n) is 5.30. The number of carbonyl (C=O) groups is 1. The monoisotopic (exact) mass is 314 g/mol. The molecule has 1 saturated heterocycles. The topological polar surface area (TPSA) is 52.6 Å². The lowest BCUT2D eigenvalue weighted by atomic mass is 10.00. The number of benzene rings is 1. The largest absolute Gasteiger partial charge is 0.396 e. The number of anilines is 1. The molecule has 21 heavy (non-hydrogen) atoms. The van der Waals surface area contributed by atoms with Crippen LogP contribution in [-0.4, -0.2) is 41.7 Å². The highest BCUT2D eigenvalue weighted by Crippen LogP contribution is 2.23. The van der Waals surface area contributed by atoms with Gasteiger partial charge >= 0.3 is 0 Å². The van der Waals surface area contributed by atoms with Gasteiger partial charge < -0.3 is 10.4 Å². The molecular formula is C15H20ClFN2O2. The van der Waals surface area contributed by atoms with Crippen molar-refractivity contribution in [1.82, 2.24) is 4.90 Å². The molecule has 2 rings (SSSR count). The van der Waals surface area contributed by atoms with Crippen molar-refractivity contribution in [3.63, 3.8) is 0 Å². The second kappa shape index (κ2) is 7.73. The first-order valence-electron chi connectivity index (χ1n) is 7.20. The number of halogens is 2. The minimum absolute atomic E-state index is 0.132. The molecule has 1 heterocycles. The average molecular weight is 315 g/mol. The lowest BCUT2D eigenvalue weighted by Gasteiger charge is -2.34. The first-order valence-corrected chi connectivity index (χ1v) is 7.58. The summed E-state index contributed by atoms with van der Waals surface area (Å²) in [6.45, 7) is 1.25. The van der Waals surface area contributed by atoms with Crippen molar-refractivity contribution < 1.29 is 14.3 Å². The normalized spacial score (nSPS) is 19.5. The van der Waals surface area contributed by atoms with Gasteiger partial charge in [0, 0.05) is 12.6 Å². The molecule has 0 spiro atoms. The van der Waals surface area contributed by atoms with E-state index in [-0.39, 0.29) is 30.1 Å². The minimum atomic E-state index is -0.433. The SMILES string of the molecule is O=C(CN1CCCCC1CCO)Nc1ccc(F)cc1Cl. The number of rotatable bonds is 5. The Kier molecular flexibility index (Phi) is 5.96. The molecule has 1 aromatic carbocycles. The molecule has 6 heteroatoms. The fraction of sp³-hybridized carbons (Fsp3) is 0.533. The standard InChI is InChI=1S/C15H20ClFN2O2/c16-13-9-11(17)4-5-14(13)18-15(21)10-19-7-2-1-3-12(19)6-8-20/h4-5,9,12,20H,1-3,6-8,10H2,(H,18,21). The molecule has 1 fully saturated rings. The number of nitrogens with zero attached hydrogens (tertiary/aromatic N) is 1. The summed E-state index contributed by atoms with van der Waals surface area (Å²) in [6, 6.07) is 4.14. The van der Waals surface area contributed by atoms with E-state index in [1.165, 1.54) is 18.2 Å². The van der Waals surface area contributed by atoms with Crippen LogP contribution in [0.15, 0.2) is 18.2 Å². The van der Waals surface area contributed by atoms with Gasteiger partial charge in [-0.25, -0.2) is 4.39 Å². The number of hydrogen-bond donors (Lipinski definition) is 2. The maximum Gasteiger partial charge on any atom is 0.238 e. The van der Waals surface area contributed by atoms with Gasteiger partial charge in [-0.05, 0) is 44.0 Å². The van der Waals surface area contributed by atoms with E-state index in [1.807, 2.05) is 0 Å². The number of likely N-dealkylation sites (tertiary alicyclic amines) is 1. The van der Waals surface area contributed by atoms with Gasteiger partial charge in [-0.3, -0.25) is 9.69 Å². The maximum absolute atomic E-state index is 13.0. The van der Waals surface area contributed by atoms with Crippen LogP contribution in [0.25, 0.3) is 0 Å². The van der Waals surface area contributed by atoms with Gasteiger partial charge in [-0.2, -0.15) is 0 Å². The number of amides is 1. The van der Waals surface area contributed by atoms with Gasteiger partial charge in [-0.1, -0.05) is 18.0 Å². The molecule has 1 unspecified atom stereocenters. The van der Waals surface area contributed by atoms with Crippen molar-refractivity contribution in [2.75, 3.05) is 25.0 Å². The highest BCUT2D eigenvalue weighted by atomic mass is 35.5. The lowest BCUT2D eigenvalue weighted by molar-refractivity contribution is -0.118. The Bertz CT molecular complexity index is 497. The Labute approximate surface area is 128 Å². The number of aliphatic hydroxyl groups is 1. The van der Waals surface area contributed by atoms with Crippen LogP contribution in [0, 0.1) is 5.82 Å². The third-order valence-electron chi connectivity index (χ3n) is 3.76. The van der Waals surface area contributed by atoms with Crippen LogP contribution in [0.4, 0.5) is 10.1 Å². The molecule has 1 atom stereocenters. The molecule has 0 radical (unpaired) electrons. The van der Waals surface area contributed by atoms with E-state index in [2.05, 4.69) is 10.2 Å². The van der Waals surface area contributed by atoms with Crippen molar-refractivity contribution >= 4 is 23.2 Å². The van der Waals surface area contributed by atoms with Crippen LogP contribution in [0.3, 0.4) is 0 Å². The average Bonchev–Trinajstić information content (AvgIpc) is 2.44. The lowest BCUT2D eigenvalue weighted by Crippen LogP contribution is -2.44. The summed E-state index contributed by atoms with van der Waals surface area (Å²) in [7, 11) is 0. The summed E-state index contributed by atoms with van der Waals surface area (Å²) >= 11 is 5.89. The molecule has 116 valence electrons. The molecule has 0 bridgehead atoms. The molecular weight excluding hydrogens is 295 g/mol. The zero-order chi connectivity index (χ0) is 15.2. The summed E-state index contributed by atoms with van der Waals surface area (Å²) < 4.78 is 13.0. The van der Waals surface area contributed by atoms with E-state index in [4.69, 9.17) is 16.7 Å². The van der Waals surface area contributed by atoms with Crippen molar-refractivity contribution in [2.45, 2.75) is 31.7 Å². The predicted octanol–water partition coefficient (Wildman–Crippen LogP) is 2.65. The summed E-state index contributed by atoms with van der Waals surface area (Å²) in [5.74, 6) is -0.606. The molecule has 0 aliphatic carbocycles. The van der Waals surface area contributed by atoms with Crippen LogP contribution in [-0.2, 0) is 4.79 Å². The van der Waals surface area contributed by atoms with E-state index in [0.29, 0.717) is 12.1 Å². The highest BCUT2D eigenvalue weighted by Gasteiger charge is 2.23. The summed E-state index contributed by atoms with van der Waals surface area (Å²) in [5, 5.41) is 12.0. The number of piperidine rings is 1. The number of nitrogens with one attached hydrogen (secondary N) is 1. The Morgan fingerprint density at radius 3 is 3.00 bits per heavy atom. The van der Waals surface area contributed by atoms with Gasteiger partial charge in [0.05, 0.1) is 17.3 Å². The Balaban J connectivity index is 1.93. The third-order valence-corrected chi connectivity index (χ3v) is 4.08. The first-order chi connectivity index (χ1) is 10.1. The Morgan fingerprint density at radius 1 is 1.48 bits per heavy atom. The van der Waals surface area contributed by atoms with E-state index in [9.17, 15) is 9.18 Å². The number of carbonyl (C=O) groups excluding carboxylic acids is 1. The molecule has 0 aromatic heterocycles. The predicted molar refractivity (Wildman–Crippen MR) is 81.0 cm³/mol. The molecule has 1 aliphatic rings. The van der Waals surface area contributed by atoms with Crippen LogP contribution in [0.2, 0.25) is 5.02 Å². The second-order valence-corrected chi connectivity index (χ2v) is 5.71. The quantitative estimate of drug-likeness (QED) is 0.878. The van der Waals surface area contributed by atoms with E-state index in [0.717, 1.165) is 25.8 Å². The summed E-state index contributed by atoms with van der Waals surface area (Å²) in [6.07, 6.45) is 3.88. The van der Waals surface area contributed by atoms with Gasteiger partial charge in [0.15, 0.2) is 0 Å². The fourth-order valence-electron chi connectivity index (χ4n) is 2.71. The van der Waals surface area contributed by atoms with E-state index in [1.54, 1.807) is 0 Å². The van der Waals surface area contributed by atoms with E-state index >= 15 is 0 Å². The molecule has 1 aromatic rings. The van der Waals surface area contributed by atoms with Crippen molar-refractivity contribution in [3.8, 4) is 0 Å². The van der Waals surface area contributed by atoms with Crippen LogP contribution >= 0.6 is 11.6 Å². The molecule has 1 amide bonds. The molecule has 4 nitrogen and oxygen atoms in total. The summed E-state index contributed by atoms with van der Waals surface area (Å²) in [4.78, 5) is 14.2. The van der Waals surface area contributed by atoms with Gasteiger partial charge in [0.2, 0.25) is 5.91 Å². The smallest absolute Gasteiger partial charge is 0.238 e. The Morgan fingerprint density at radius 2 is 2.29 bits per heavy atom.